The molecular formula is C22H23N7O3. The smallest absolute Gasteiger partial charge is 0.316 e. The first-order chi connectivity index (χ1) is 15.7. The number of benzene rings is 1. The van der Waals surface area contributed by atoms with Gasteiger partial charge in [0.2, 0.25) is 5.95 Å². The molecule has 10 nitrogen and oxygen atoms in total. The van der Waals surface area contributed by atoms with Crippen LogP contribution in [0.2, 0.25) is 0 Å². The second kappa shape index (κ2) is 8.67. The van der Waals surface area contributed by atoms with Crippen molar-refractivity contribution in [1.29, 1.82) is 0 Å². The SMILES string of the molecule is CN(C)CCOc1ncc(Nc2nc3cccc(-c4ccc5c(c4)OCCO5)n3n2)cn1. The van der Waals surface area contributed by atoms with E-state index in [4.69, 9.17) is 14.2 Å². The van der Waals surface area contributed by atoms with Gasteiger partial charge < -0.3 is 24.4 Å². The molecule has 1 aliphatic rings. The van der Waals surface area contributed by atoms with Crippen molar-refractivity contribution in [3.63, 3.8) is 0 Å². The number of anilines is 2. The zero-order valence-electron chi connectivity index (χ0n) is 17.9. The van der Waals surface area contributed by atoms with Gasteiger partial charge in [0.15, 0.2) is 17.1 Å². The van der Waals surface area contributed by atoms with Crippen LogP contribution in [-0.2, 0) is 0 Å². The quantitative estimate of drug-likeness (QED) is 0.471. The highest BCUT2D eigenvalue weighted by Crippen LogP contribution is 2.34. The predicted octanol–water partition coefficient (Wildman–Crippen LogP) is 2.64. The molecule has 0 saturated heterocycles. The van der Waals surface area contributed by atoms with Gasteiger partial charge in [0.25, 0.3) is 0 Å². The van der Waals surface area contributed by atoms with Gasteiger partial charge in [-0.05, 0) is 44.4 Å². The molecule has 4 heterocycles. The topological polar surface area (TPSA) is 98.9 Å². The van der Waals surface area contributed by atoms with Crippen molar-refractivity contribution in [2.45, 2.75) is 0 Å². The lowest BCUT2D eigenvalue weighted by Crippen LogP contribution is -2.20. The Morgan fingerprint density at radius 1 is 1.06 bits per heavy atom. The van der Waals surface area contributed by atoms with E-state index in [0.29, 0.717) is 43.1 Å². The molecule has 3 aromatic heterocycles. The molecule has 1 aliphatic heterocycles. The Balaban J connectivity index is 1.35. The molecule has 0 spiro atoms. The van der Waals surface area contributed by atoms with Gasteiger partial charge in [-0.15, -0.1) is 5.10 Å². The predicted molar refractivity (Wildman–Crippen MR) is 119 cm³/mol. The van der Waals surface area contributed by atoms with E-state index in [9.17, 15) is 0 Å². The van der Waals surface area contributed by atoms with Crippen LogP contribution in [0.3, 0.4) is 0 Å². The van der Waals surface area contributed by atoms with Gasteiger partial charge >= 0.3 is 6.01 Å². The first kappa shape index (κ1) is 20.0. The highest BCUT2D eigenvalue weighted by molar-refractivity contribution is 5.67. The minimum absolute atomic E-state index is 0.334. The number of hydrogen-bond acceptors (Lipinski definition) is 9. The Hall–Kier alpha value is -3.92. The number of rotatable bonds is 7. The molecule has 0 bridgehead atoms. The van der Waals surface area contributed by atoms with Crippen molar-refractivity contribution in [3.8, 4) is 28.8 Å². The molecule has 0 aliphatic carbocycles. The number of nitrogens with one attached hydrogen (secondary N) is 1. The van der Waals surface area contributed by atoms with Crippen LogP contribution in [0.1, 0.15) is 0 Å². The van der Waals surface area contributed by atoms with Crippen LogP contribution in [0.15, 0.2) is 48.8 Å². The summed E-state index contributed by atoms with van der Waals surface area (Å²) < 4.78 is 18.7. The summed E-state index contributed by atoms with van der Waals surface area (Å²) >= 11 is 0. The van der Waals surface area contributed by atoms with E-state index < -0.39 is 0 Å². The molecule has 1 aromatic carbocycles. The number of pyridine rings is 1. The molecule has 10 heteroatoms. The van der Waals surface area contributed by atoms with Crippen LogP contribution in [0.4, 0.5) is 11.6 Å². The standard InChI is InChI=1S/C22H23N7O3/c1-28(2)8-9-32-22-23-13-16(14-24-22)25-21-26-20-5-3-4-17(29(20)27-21)15-6-7-18-19(12-15)31-11-10-30-18/h3-7,12-14H,8-11H2,1-2H3,(H,25,27). The maximum absolute atomic E-state index is 5.72. The molecule has 0 saturated carbocycles. The van der Waals surface area contributed by atoms with Gasteiger partial charge in [-0.25, -0.2) is 14.5 Å². The first-order valence-corrected chi connectivity index (χ1v) is 10.3. The maximum Gasteiger partial charge on any atom is 0.316 e. The van der Waals surface area contributed by atoms with E-state index in [2.05, 4.69) is 25.4 Å². The fourth-order valence-corrected chi connectivity index (χ4v) is 3.28. The number of ether oxygens (including phenoxy) is 3. The Bertz CT molecular complexity index is 1220. The molecule has 0 atom stereocenters. The first-order valence-electron chi connectivity index (χ1n) is 10.3. The highest BCUT2D eigenvalue weighted by Gasteiger charge is 2.15. The lowest BCUT2D eigenvalue weighted by Gasteiger charge is -2.19. The van der Waals surface area contributed by atoms with E-state index in [1.54, 1.807) is 16.9 Å². The molecule has 1 N–H and O–H groups in total. The fraction of sp³-hybridized carbons (Fsp3) is 0.273. The molecule has 32 heavy (non-hydrogen) atoms. The van der Waals surface area contributed by atoms with Crippen molar-refractivity contribution >= 4 is 17.3 Å². The Labute approximate surface area is 184 Å². The Kier molecular flexibility index (Phi) is 5.42. The van der Waals surface area contributed by atoms with Crippen molar-refractivity contribution in [3.05, 3.63) is 48.8 Å². The van der Waals surface area contributed by atoms with Crippen LogP contribution in [0, 0.1) is 0 Å². The summed E-state index contributed by atoms with van der Waals surface area (Å²) in [6, 6.07) is 12.0. The number of fused-ring (bicyclic) bond motifs is 2. The molecule has 4 aromatic rings. The van der Waals surface area contributed by atoms with Gasteiger partial charge in [-0.2, -0.15) is 4.98 Å². The van der Waals surface area contributed by atoms with E-state index >= 15 is 0 Å². The van der Waals surface area contributed by atoms with Gasteiger partial charge in [0, 0.05) is 12.1 Å². The summed E-state index contributed by atoms with van der Waals surface area (Å²) in [5, 5.41) is 7.76. The summed E-state index contributed by atoms with van der Waals surface area (Å²) in [6.45, 7) is 2.42. The highest BCUT2D eigenvalue weighted by atomic mass is 16.6. The molecule has 0 fully saturated rings. The van der Waals surface area contributed by atoms with E-state index in [1.165, 1.54) is 0 Å². The molecule has 5 rings (SSSR count). The molecule has 0 unspecified atom stereocenters. The average Bonchev–Trinajstić information content (AvgIpc) is 3.22. The van der Waals surface area contributed by atoms with Crippen LogP contribution in [0.25, 0.3) is 16.9 Å². The molecular weight excluding hydrogens is 410 g/mol. The zero-order valence-corrected chi connectivity index (χ0v) is 17.9. The number of hydrogen-bond donors (Lipinski definition) is 1. The number of nitrogens with zero attached hydrogens (tertiary/aromatic N) is 6. The molecule has 0 amide bonds. The third kappa shape index (κ3) is 4.26. The van der Waals surface area contributed by atoms with E-state index in [-0.39, 0.29) is 0 Å². The Morgan fingerprint density at radius 3 is 2.69 bits per heavy atom. The summed E-state index contributed by atoms with van der Waals surface area (Å²) in [4.78, 5) is 15.1. The summed E-state index contributed by atoms with van der Waals surface area (Å²) in [7, 11) is 3.97. The normalized spacial score (nSPS) is 12.8. The second-order valence-corrected chi connectivity index (χ2v) is 7.51. The fourth-order valence-electron chi connectivity index (χ4n) is 3.28. The van der Waals surface area contributed by atoms with Crippen LogP contribution in [-0.4, -0.2) is 69.9 Å². The van der Waals surface area contributed by atoms with E-state index in [1.807, 2.05) is 55.4 Å². The van der Waals surface area contributed by atoms with Crippen LogP contribution in [0.5, 0.6) is 17.5 Å². The third-order valence-electron chi connectivity index (χ3n) is 4.85. The minimum atomic E-state index is 0.334. The molecule has 164 valence electrons. The summed E-state index contributed by atoms with van der Waals surface area (Å²) in [5.41, 5.74) is 3.23. The Morgan fingerprint density at radius 2 is 1.88 bits per heavy atom. The van der Waals surface area contributed by atoms with Gasteiger partial charge in [-0.1, -0.05) is 6.07 Å². The zero-order chi connectivity index (χ0) is 21.9. The molecule has 0 radical (unpaired) electrons. The minimum Gasteiger partial charge on any atom is -0.486 e. The monoisotopic (exact) mass is 433 g/mol. The van der Waals surface area contributed by atoms with Crippen LogP contribution < -0.4 is 19.5 Å². The summed E-state index contributed by atoms with van der Waals surface area (Å²) in [5.74, 6) is 1.93. The lowest BCUT2D eigenvalue weighted by atomic mass is 10.1. The van der Waals surface area contributed by atoms with Crippen molar-refractivity contribution < 1.29 is 14.2 Å². The van der Waals surface area contributed by atoms with Crippen molar-refractivity contribution in [2.24, 2.45) is 0 Å². The summed E-state index contributed by atoms with van der Waals surface area (Å²) in [6.07, 6.45) is 3.29. The second-order valence-electron chi connectivity index (χ2n) is 7.51. The van der Waals surface area contributed by atoms with Gasteiger partial charge in [0.1, 0.15) is 19.8 Å². The lowest BCUT2D eigenvalue weighted by molar-refractivity contribution is 0.171. The van der Waals surface area contributed by atoms with E-state index in [0.717, 1.165) is 29.3 Å². The maximum atomic E-state index is 5.72. The average molecular weight is 433 g/mol. The van der Waals surface area contributed by atoms with Crippen LogP contribution >= 0.6 is 0 Å². The van der Waals surface area contributed by atoms with Gasteiger partial charge in [0.05, 0.1) is 23.8 Å². The number of likely N-dealkylation sites (N-methyl/N-ethyl adjacent to an activating group) is 1. The van der Waals surface area contributed by atoms with Gasteiger partial charge in [-0.3, -0.25) is 0 Å². The van der Waals surface area contributed by atoms with Crippen molar-refractivity contribution in [2.75, 3.05) is 45.8 Å². The number of aromatic nitrogens is 5. The third-order valence-corrected chi connectivity index (χ3v) is 4.85. The largest absolute Gasteiger partial charge is 0.486 e. The van der Waals surface area contributed by atoms with Crippen molar-refractivity contribution in [1.82, 2.24) is 29.5 Å².